The van der Waals surface area contributed by atoms with E-state index in [1.165, 1.54) is 6.07 Å². The molecule has 0 fully saturated rings. The quantitative estimate of drug-likeness (QED) is 0.593. The van der Waals surface area contributed by atoms with Gasteiger partial charge in [-0.25, -0.2) is 0 Å². The smallest absolute Gasteiger partial charge is 1.00 e. The van der Waals surface area contributed by atoms with Crippen molar-refractivity contribution in [3.05, 3.63) is 51.4 Å². The molecule has 0 radical (unpaired) electrons. The van der Waals surface area contributed by atoms with Crippen molar-refractivity contribution < 1.29 is 44.0 Å². The van der Waals surface area contributed by atoms with Crippen molar-refractivity contribution in [1.29, 1.82) is 0 Å². The molecule has 1 N–H and O–H groups in total. The summed E-state index contributed by atoms with van der Waals surface area (Å²) in [7, 11) is -4.23. The van der Waals surface area contributed by atoms with Crippen LogP contribution in [0.5, 0.6) is 0 Å². The Labute approximate surface area is 152 Å². The van der Waals surface area contributed by atoms with Crippen LogP contribution in [-0.4, -0.2) is 13.0 Å². The van der Waals surface area contributed by atoms with Crippen LogP contribution in [0.3, 0.4) is 0 Å². The number of benzene rings is 2. The maximum absolute atomic E-state index is 11.2. The van der Waals surface area contributed by atoms with Crippen LogP contribution >= 0.6 is 31.9 Å². The largest absolute Gasteiger partial charge is 1.00 e. The molecule has 2 aromatic rings. The molecule has 0 aliphatic heterocycles. The van der Waals surface area contributed by atoms with Crippen molar-refractivity contribution in [2.45, 2.75) is 4.90 Å². The Kier molecular flexibility index (Phi) is 6.26. The van der Waals surface area contributed by atoms with E-state index in [1.807, 2.05) is 24.3 Å². The van der Waals surface area contributed by atoms with E-state index in [1.54, 1.807) is 12.1 Å². The van der Waals surface area contributed by atoms with E-state index in [0.29, 0.717) is 4.47 Å². The fraction of sp³-hybridized carbons (Fsp3) is 0. The zero-order valence-electron chi connectivity index (χ0n) is 11.0. The second-order valence-electron chi connectivity index (χ2n) is 3.63. The Morgan fingerprint density at radius 1 is 0.947 bits per heavy atom. The van der Waals surface area contributed by atoms with E-state index in [2.05, 4.69) is 31.9 Å². The van der Waals surface area contributed by atoms with Crippen LogP contribution in [0.1, 0.15) is 1.43 Å². The molecule has 0 unspecified atom stereocenters. The van der Waals surface area contributed by atoms with E-state index in [4.69, 9.17) is 4.55 Å². The Hall–Kier alpha value is 0.310. The minimum absolute atomic E-state index is 0. The molecule has 96 valence electrons. The monoisotopic (exact) mass is 414 g/mol. The topological polar surface area (TPSA) is 54.4 Å². The van der Waals surface area contributed by atoms with Crippen molar-refractivity contribution >= 4 is 42.0 Å². The van der Waals surface area contributed by atoms with Crippen LogP contribution in [0.25, 0.3) is 11.1 Å². The molecule has 0 bridgehead atoms. The summed E-state index contributed by atoms with van der Waals surface area (Å²) in [6, 6.07) is 12.3. The first-order valence-electron chi connectivity index (χ1n) is 4.91. The summed E-state index contributed by atoms with van der Waals surface area (Å²) in [5.41, 5.74) is 1.59. The van der Waals surface area contributed by atoms with Crippen LogP contribution in [-0.2, 0) is 10.1 Å². The molecule has 19 heavy (non-hydrogen) atoms. The SMILES string of the molecule is O=S(=O)(O)c1cc(-c2ccc(Br)cc2)ccc1Br.[H-].[Na+]. The van der Waals surface area contributed by atoms with Crippen LogP contribution in [0, 0.1) is 0 Å². The first kappa shape index (κ1) is 17.4. The molecule has 0 amide bonds. The molecule has 0 heterocycles. The van der Waals surface area contributed by atoms with E-state index in [9.17, 15) is 8.42 Å². The molecule has 0 aromatic heterocycles. The van der Waals surface area contributed by atoms with Gasteiger partial charge in [0, 0.05) is 8.95 Å². The maximum Gasteiger partial charge on any atom is 1.00 e. The van der Waals surface area contributed by atoms with Gasteiger partial charge < -0.3 is 1.43 Å². The minimum Gasteiger partial charge on any atom is -1.00 e. The van der Waals surface area contributed by atoms with Crippen molar-refractivity contribution in [3.63, 3.8) is 0 Å². The van der Waals surface area contributed by atoms with Gasteiger partial charge in [-0.2, -0.15) is 8.42 Å². The van der Waals surface area contributed by atoms with Crippen molar-refractivity contribution in [2.24, 2.45) is 0 Å². The van der Waals surface area contributed by atoms with Gasteiger partial charge in [-0.3, -0.25) is 4.55 Å². The zero-order chi connectivity index (χ0) is 13.3. The van der Waals surface area contributed by atoms with Gasteiger partial charge in [-0.15, -0.1) is 0 Å². The summed E-state index contributed by atoms with van der Waals surface area (Å²) in [4.78, 5) is -0.136. The summed E-state index contributed by atoms with van der Waals surface area (Å²) in [5, 5.41) is 0. The first-order valence-corrected chi connectivity index (χ1v) is 7.93. The third-order valence-electron chi connectivity index (χ3n) is 2.39. The number of halogens is 2. The summed E-state index contributed by atoms with van der Waals surface area (Å²) < 4.78 is 32.8. The molecule has 2 aromatic carbocycles. The average Bonchev–Trinajstić information content (AvgIpc) is 2.29. The molecule has 0 saturated carbocycles. The Balaban J connectivity index is 0.00000180. The number of hydrogen-bond acceptors (Lipinski definition) is 2. The Morgan fingerprint density at radius 2 is 1.47 bits per heavy atom. The molecule has 7 heteroatoms. The molecule has 0 saturated heterocycles. The van der Waals surface area contributed by atoms with Crippen molar-refractivity contribution in [2.75, 3.05) is 0 Å². The van der Waals surface area contributed by atoms with Gasteiger partial charge >= 0.3 is 29.6 Å². The van der Waals surface area contributed by atoms with E-state index >= 15 is 0 Å². The summed E-state index contributed by atoms with van der Waals surface area (Å²) >= 11 is 6.44. The van der Waals surface area contributed by atoms with Gasteiger partial charge in [0.1, 0.15) is 4.90 Å². The molecule has 2 rings (SSSR count). The standard InChI is InChI=1S/C12H8Br2O3S.Na.H/c13-10-4-1-8(2-5-10)9-3-6-11(14)12(7-9)18(15,16)17;;/h1-7H,(H,15,16,17);;/q;+1;-1. The van der Waals surface area contributed by atoms with Gasteiger partial charge in [-0.1, -0.05) is 34.1 Å². The van der Waals surface area contributed by atoms with E-state index < -0.39 is 10.1 Å². The van der Waals surface area contributed by atoms with E-state index in [-0.39, 0.29) is 35.9 Å². The van der Waals surface area contributed by atoms with Crippen molar-refractivity contribution in [1.82, 2.24) is 0 Å². The minimum atomic E-state index is -4.23. The molecule has 0 aliphatic carbocycles. The third-order valence-corrected chi connectivity index (χ3v) is 4.76. The molecular weight excluding hydrogens is 407 g/mol. The van der Waals surface area contributed by atoms with E-state index in [0.717, 1.165) is 15.6 Å². The molecule has 0 aliphatic rings. The molecule has 0 spiro atoms. The zero-order valence-corrected chi connectivity index (χ0v) is 16.0. The van der Waals surface area contributed by atoms with Gasteiger partial charge in [0.25, 0.3) is 10.1 Å². The molecule has 0 atom stereocenters. The van der Waals surface area contributed by atoms with Gasteiger partial charge in [0.2, 0.25) is 0 Å². The second-order valence-corrected chi connectivity index (χ2v) is 6.79. The molecule has 3 nitrogen and oxygen atoms in total. The van der Waals surface area contributed by atoms with Crippen LogP contribution in [0.15, 0.2) is 56.3 Å². The summed E-state index contributed by atoms with van der Waals surface area (Å²) in [6.45, 7) is 0. The molecular formula is C12H9Br2NaO3S. The van der Waals surface area contributed by atoms with Crippen LogP contribution in [0.4, 0.5) is 0 Å². The fourth-order valence-corrected chi connectivity index (χ4v) is 3.24. The third kappa shape index (κ3) is 4.39. The van der Waals surface area contributed by atoms with Crippen molar-refractivity contribution in [3.8, 4) is 11.1 Å². The van der Waals surface area contributed by atoms with Crippen LogP contribution < -0.4 is 29.6 Å². The predicted octanol–water partition coefficient (Wildman–Crippen LogP) is 1.24. The summed E-state index contributed by atoms with van der Waals surface area (Å²) in [6.07, 6.45) is 0. The number of hydrogen-bond donors (Lipinski definition) is 1. The maximum atomic E-state index is 11.2. The predicted molar refractivity (Wildman–Crippen MR) is 78.2 cm³/mol. The Morgan fingerprint density at radius 3 is 2.00 bits per heavy atom. The number of rotatable bonds is 2. The summed E-state index contributed by atoms with van der Waals surface area (Å²) in [5.74, 6) is 0. The second kappa shape index (κ2) is 6.85. The average molecular weight is 416 g/mol. The first-order chi connectivity index (χ1) is 8.38. The van der Waals surface area contributed by atoms with Gasteiger partial charge in [-0.05, 0) is 51.3 Å². The van der Waals surface area contributed by atoms with Crippen LogP contribution in [0.2, 0.25) is 0 Å². The Bertz CT molecular complexity index is 690. The normalized spacial score (nSPS) is 10.9. The fourth-order valence-electron chi connectivity index (χ4n) is 1.52. The van der Waals surface area contributed by atoms with Gasteiger partial charge in [0.05, 0.1) is 0 Å². The van der Waals surface area contributed by atoms with Gasteiger partial charge in [0.15, 0.2) is 0 Å².